The second-order valence-corrected chi connectivity index (χ2v) is 5.26. The second-order valence-electron chi connectivity index (χ2n) is 5.26. The Morgan fingerprint density at radius 1 is 1.26 bits per heavy atom. The van der Waals surface area contributed by atoms with Crippen LogP contribution in [0.4, 0.5) is 8.78 Å². The van der Waals surface area contributed by atoms with Crippen LogP contribution in [0.1, 0.15) is 36.4 Å². The van der Waals surface area contributed by atoms with Gasteiger partial charge in [0.25, 0.3) is 0 Å². The highest BCUT2D eigenvalue weighted by molar-refractivity contribution is 5.28. The number of ether oxygens (including phenoxy) is 1. The summed E-state index contributed by atoms with van der Waals surface area (Å²) in [5, 5.41) is 3.15. The predicted molar refractivity (Wildman–Crippen MR) is 71.1 cm³/mol. The molecule has 0 aromatic heterocycles. The highest BCUT2D eigenvalue weighted by Gasteiger charge is 2.22. The van der Waals surface area contributed by atoms with Crippen LogP contribution in [0.3, 0.4) is 0 Å². The molecule has 106 valence electrons. The number of hydrogen-bond donors (Lipinski definition) is 1. The fourth-order valence-electron chi connectivity index (χ4n) is 2.66. The van der Waals surface area contributed by atoms with Gasteiger partial charge in [0.05, 0.1) is 0 Å². The van der Waals surface area contributed by atoms with Crippen molar-refractivity contribution < 1.29 is 13.5 Å². The molecule has 0 aliphatic carbocycles. The van der Waals surface area contributed by atoms with E-state index in [0.29, 0.717) is 17.0 Å². The number of halogens is 2. The van der Waals surface area contributed by atoms with Crippen molar-refractivity contribution in [2.24, 2.45) is 5.92 Å². The van der Waals surface area contributed by atoms with Crippen LogP contribution in [0.15, 0.2) is 12.1 Å². The minimum Gasteiger partial charge on any atom is -0.381 e. The Bertz CT molecular complexity index is 430. The normalized spacial score (nSPS) is 18.5. The van der Waals surface area contributed by atoms with Crippen molar-refractivity contribution in [2.45, 2.75) is 32.2 Å². The summed E-state index contributed by atoms with van der Waals surface area (Å²) in [4.78, 5) is 0. The Labute approximate surface area is 113 Å². The van der Waals surface area contributed by atoms with E-state index in [4.69, 9.17) is 4.74 Å². The van der Waals surface area contributed by atoms with Crippen LogP contribution in [0.25, 0.3) is 0 Å². The maximum atomic E-state index is 13.9. The molecular weight excluding hydrogens is 248 g/mol. The smallest absolute Gasteiger partial charge is 0.130 e. The van der Waals surface area contributed by atoms with Gasteiger partial charge >= 0.3 is 0 Å². The van der Waals surface area contributed by atoms with E-state index in [2.05, 4.69) is 5.32 Å². The molecule has 0 spiro atoms. The molecule has 4 heteroatoms. The molecular formula is C15H21F2NO. The molecule has 1 aromatic carbocycles. The zero-order chi connectivity index (χ0) is 13.8. The van der Waals surface area contributed by atoms with Gasteiger partial charge in [-0.3, -0.25) is 0 Å². The van der Waals surface area contributed by atoms with E-state index in [1.165, 1.54) is 0 Å². The molecule has 1 fully saturated rings. The predicted octanol–water partition coefficient (Wildman–Crippen LogP) is 3.35. The summed E-state index contributed by atoms with van der Waals surface area (Å²) in [5.41, 5.74) is 1.05. The molecule has 2 nitrogen and oxygen atoms in total. The lowest BCUT2D eigenvalue weighted by molar-refractivity contribution is 0.0606. The maximum Gasteiger partial charge on any atom is 0.130 e. The highest BCUT2D eigenvalue weighted by Crippen LogP contribution is 2.29. The summed E-state index contributed by atoms with van der Waals surface area (Å²) in [6.07, 6.45) is 2.89. The van der Waals surface area contributed by atoms with Gasteiger partial charge in [-0.1, -0.05) is 0 Å². The molecule has 1 heterocycles. The number of aryl methyl sites for hydroxylation is 1. The number of hydrogen-bond acceptors (Lipinski definition) is 2. The van der Waals surface area contributed by atoms with Gasteiger partial charge in [-0.15, -0.1) is 0 Å². The Morgan fingerprint density at radius 2 is 1.95 bits per heavy atom. The molecule has 0 bridgehead atoms. The molecule has 1 aliphatic heterocycles. The number of rotatable bonds is 4. The van der Waals surface area contributed by atoms with Crippen LogP contribution in [0.2, 0.25) is 0 Å². The summed E-state index contributed by atoms with van der Waals surface area (Å²) in [5.74, 6) is -0.410. The van der Waals surface area contributed by atoms with Gasteiger partial charge < -0.3 is 10.1 Å². The minimum absolute atomic E-state index is 0.0672. The average molecular weight is 269 g/mol. The zero-order valence-corrected chi connectivity index (χ0v) is 11.5. The second kappa shape index (κ2) is 6.44. The summed E-state index contributed by atoms with van der Waals surface area (Å²) in [7, 11) is 1.82. The van der Waals surface area contributed by atoms with Gasteiger partial charge in [0, 0.05) is 30.9 Å². The van der Waals surface area contributed by atoms with Crippen LogP contribution in [-0.2, 0) is 4.74 Å². The summed E-state index contributed by atoms with van der Waals surface area (Å²) in [6, 6.07) is 2.53. The van der Waals surface area contributed by atoms with Crippen molar-refractivity contribution in [3.8, 4) is 0 Å². The molecule has 1 saturated heterocycles. The topological polar surface area (TPSA) is 21.3 Å². The van der Waals surface area contributed by atoms with E-state index in [1.807, 2.05) is 7.05 Å². The van der Waals surface area contributed by atoms with Gasteiger partial charge in [-0.2, -0.15) is 0 Å². The lowest BCUT2D eigenvalue weighted by atomic mass is 9.89. The Kier molecular flexibility index (Phi) is 4.88. The first-order valence-electron chi connectivity index (χ1n) is 6.82. The van der Waals surface area contributed by atoms with Crippen LogP contribution in [-0.4, -0.2) is 20.3 Å². The van der Waals surface area contributed by atoms with Crippen LogP contribution >= 0.6 is 0 Å². The highest BCUT2D eigenvalue weighted by atomic mass is 19.1. The largest absolute Gasteiger partial charge is 0.381 e. The first-order valence-corrected chi connectivity index (χ1v) is 6.82. The molecule has 1 N–H and O–H groups in total. The zero-order valence-electron chi connectivity index (χ0n) is 11.5. The van der Waals surface area contributed by atoms with E-state index < -0.39 is 11.6 Å². The molecule has 0 amide bonds. The molecule has 2 rings (SSSR count). The minimum atomic E-state index is -0.484. The third kappa shape index (κ3) is 3.51. The Balaban J connectivity index is 2.14. The van der Waals surface area contributed by atoms with Crippen LogP contribution < -0.4 is 5.32 Å². The third-order valence-corrected chi connectivity index (χ3v) is 3.91. The Hall–Kier alpha value is -1.00. The third-order valence-electron chi connectivity index (χ3n) is 3.91. The van der Waals surface area contributed by atoms with Gasteiger partial charge in [0.1, 0.15) is 11.6 Å². The quantitative estimate of drug-likeness (QED) is 0.905. The van der Waals surface area contributed by atoms with E-state index in [-0.39, 0.29) is 6.04 Å². The van der Waals surface area contributed by atoms with E-state index >= 15 is 0 Å². The van der Waals surface area contributed by atoms with Crippen molar-refractivity contribution in [2.75, 3.05) is 20.3 Å². The number of nitrogens with one attached hydrogen (secondary N) is 1. The van der Waals surface area contributed by atoms with Gasteiger partial charge in [-0.25, -0.2) is 8.78 Å². The first-order chi connectivity index (χ1) is 9.11. The van der Waals surface area contributed by atoms with Gasteiger partial charge in [0.2, 0.25) is 0 Å². The van der Waals surface area contributed by atoms with E-state index in [1.54, 1.807) is 13.0 Å². The lowest BCUT2D eigenvalue weighted by Crippen LogP contribution is -2.24. The molecule has 1 aliphatic rings. The molecule has 19 heavy (non-hydrogen) atoms. The Morgan fingerprint density at radius 3 is 2.58 bits per heavy atom. The molecule has 1 atom stereocenters. The fraction of sp³-hybridized carbons (Fsp3) is 0.600. The van der Waals surface area contributed by atoms with Gasteiger partial charge in [0.15, 0.2) is 0 Å². The average Bonchev–Trinajstić information content (AvgIpc) is 2.42. The van der Waals surface area contributed by atoms with Crippen molar-refractivity contribution in [3.05, 3.63) is 34.9 Å². The van der Waals surface area contributed by atoms with Crippen molar-refractivity contribution in [3.63, 3.8) is 0 Å². The molecule has 0 radical (unpaired) electrons. The summed E-state index contributed by atoms with van der Waals surface area (Å²) in [6.45, 7) is 3.23. The van der Waals surface area contributed by atoms with Gasteiger partial charge in [-0.05, 0) is 50.8 Å². The fourth-order valence-corrected chi connectivity index (χ4v) is 2.66. The maximum absolute atomic E-state index is 13.9. The molecule has 0 saturated carbocycles. The van der Waals surface area contributed by atoms with E-state index in [9.17, 15) is 8.78 Å². The molecule has 1 aromatic rings. The van der Waals surface area contributed by atoms with Crippen molar-refractivity contribution in [1.29, 1.82) is 0 Å². The van der Waals surface area contributed by atoms with Crippen molar-refractivity contribution in [1.82, 2.24) is 5.32 Å². The first kappa shape index (κ1) is 14.4. The SMILES string of the molecule is CNC(CC1CCOCC1)c1cc(C)c(F)cc1F. The molecule has 1 unspecified atom stereocenters. The standard InChI is InChI=1S/C15H21F2NO/c1-10-7-12(14(17)9-13(10)16)15(18-2)8-11-3-5-19-6-4-11/h7,9,11,15,18H,3-6,8H2,1-2H3. The van der Waals surface area contributed by atoms with Crippen LogP contribution in [0, 0.1) is 24.5 Å². The van der Waals surface area contributed by atoms with E-state index in [0.717, 1.165) is 38.5 Å². The summed E-state index contributed by atoms with van der Waals surface area (Å²) < 4.78 is 32.6. The van der Waals surface area contributed by atoms with Crippen LogP contribution in [0.5, 0.6) is 0 Å². The lowest BCUT2D eigenvalue weighted by Gasteiger charge is -2.27. The monoisotopic (exact) mass is 269 g/mol. The number of benzene rings is 1. The summed E-state index contributed by atoms with van der Waals surface area (Å²) >= 11 is 0. The van der Waals surface area contributed by atoms with Crippen molar-refractivity contribution >= 4 is 0 Å².